The van der Waals surface area contributed by atoms with Crippen molar-refractivity contribution < 1.29 is 29.3 Å². The minimum atomic E-state index is -0.250. The Kier molecular flexibility index (Phi) is 16.9. The first kappa shape index (κ1) is 24.7. The number of nitrogens with one attached hydrogen (secondary N) is 2. The number of aliphatic hydroxyl groups excluding tert-OH is 1. The van der Waals surface area contributed by atoms with E-state index in [9.17, 15) is 9.59 Å². The molecule has 4 N–H and O–H groups in total. The zero-order chi connectivity index (χ0) is 19.0. The minimum absolute atomic E-state index is 0.0463. The van der Waals surface area contributed by atoms with E-state index in [0.29, 0.717) is 19.1 Å². The standard InChI is InChI=1S/C12H26N2O2.C3H4O2.CH2O2/c1-9(2)7-11(13-4)12(16)14-6-5-10(3)8-15;4-1-3-2-5-3;2-1-3/h9-11,13,15H,5-8H2,1-4H3,(H,14,16);1,3H,2H2;1H,(H,2,3). The predicted octanol–water partition coefficient (Wildman–Crippen LogP) is 0.0401. The molecule has 1 rings (SSSR count). The summed E-state index contributed by atoms with van der Waals surface area (Å²) in [5, 5.41) is 21.7. The molecule has 0 saturated carbocycles. The molecular weight excluding hydrogens is 316 g/mol. The van der Waals surface area contributed by atoms with Gasteiger partial charge in [0.15, 0.2) is 6.29 Å². The fourth-order valence-electron chi connectivity index (χ4n) is 1.62. The van der Waals surface area contributed by atoms with Crippen molar-refractivity contribution in [1.29, 1.82) is 0 Å². The van der Waals surface area contributed by atoms with E-state index in [-0.39, 0.29) is 37.0 Å². The number of hydrogen-bond donors (Lipinski definition) is 4. The molecule has 1 aliphatic rings. The summed E-state index contributed by atoms with van der Waals surface area (Å²) < 4.78 is 4.49. The number of epoxide rings is 1. The van der Waals surface area contributed by atoms with Crippen molar-refractivity contribution in [3.8, 4) is 0 Å². The third-order valence-corrected chi connectivity index (χ3v) is 3.13. The first-order chi connectivity index (χ1) is 11.4. The van der Waals surface area contributed by atoms with E-state index in [0.717, 1.165) is 19.1 Å². The molecule has 8 heteroatoms. The fraction of sp³-hybridized carbons (Fsp3) is 0.812. The normalized spacial score (nSPS) is 17.3. The van der Waals surface area contributed by atoms with Gasteiger partial charge in [0.2, 0.25) is 5.91 Å². The van der Waals surface area contributed by atoms with E-state index in [1.165, 1.54) is 0 Å². The van der Waals surface area contributed by atoms with Crippen LogP contribution in [0.5, 0.6) is 0 Å². The maximum atomic E-state index is 11.7. The van der Waals surface area contributed by atoms with Crippen molar-refractivity contribution in [3.05, 3.63) is 0 Å². The van der Waals surface area contributed by atoms with Gasteiger partial charge in [-0.25, -0.2) is 0 Å². The zero-order valence-electron chi connectivity index (χ0n) is 15.0. The van der Waals surface area contributed by atoms with E-state index in [1.807, 2.05) is 14.0 Å². The van der Waals surface area contributed by atoms with Crippen LogP contribution < -0.4 is 10.6 Å². The van der Waals surface area contributed by atoms with Gasteiger partial charge in [0.1, 0.15) is 6.10 Å². The number of aldehydes is 1. The molecule has 0 radical (unpaired) electrons. The molecule has 0 spiro atoms. The zero-order valence-corrected chi connectivity index (χ0v) is 15.0. The summed E-state index contributed by atoms with van der Waals surface area (Å²) in [6.45, 7) is 7.38. The third-order valence-electron chi connectivity index (χ3n) is 3.13. The van der Waals surface area contributed by atoms with Crippen LogP contribution in [0.4, 0.5) is 0 Å². The summed E-state index contributed by atoms with van der Waals surface area (Å²) in [7, 11) is 1.81. The summed E-state index contributed by atoms with van der Waals surface area (Å²) in [5.74, 6) is 0.805. The second kappa shape index (κ2) is 16.4. The molecule has 142 valence electrons. The summed E-state index contributed by atoms with van der Waals surface area (Å²) in [5.41, 5.74) is 0. The molecule has 0 aromatic rings. The second-order valence-corrected chi connectivity index (χ2v) is 5.95. The molecule has 0 aromatic carbocycles. The van der Waals surface area contributed by atoms with Crippen molar-refractivity contribution >= 4 is 18.7 Å². The predicted molar refractivity (Wildman–Crippen MR) is 90.7 cm³/mol. The number of rotatable bonds is 9. The molecule has 0 aromatic heterocycles. The number of aliphatic hydroxyl groups is 1. The lowest BCUT2D eigenvalue weighted by Gasteiger charge is -2.18. The molecule has 1 heterocycles. The molecule has 1 amide bonds. The van der Waals surface area contributed by atoms with Crippen LogP contribution in [0.1, 0.15) is 33.6 Å². The van der Waals surface area contributed by atoms with Gasteiger partial charge in [-0.15, -0.1) is 0 Å². The lowest BCUT2D eigenvalue weighted by atomic mass is 10.0. The lowest BCUT2D eigenvalue weighted by Crippen LogP contribution is -2.43. The van der Waals surface area contributed by atoms with E-state index in [2.05, 4.69) is 29.2 Å². The molecule has 3 unspecified atom stereocenters. The summed E-state index contributed by atoms with van der Waals surface area (Å²) >= 11 is 0. The van der Waals surface area contributed by atoms with Crippen LogP contribution >= 0.6 is 0 Å². The van der Waals surface area contributed by atoms with Gasteiger partial charge in [0, 0.05) is 13.2 Å². The molecule has 0 bridgehead atoms. The minimum Gasteiger partial charge on any atom is -0.483 e. The Hall–Kier alpha value is -1.51. The van der Waals surface area contributed by atoms with E-state index in [1.54, 1.807) is 0 Å². The number of likely N-dealkylation sites (N-methyl/N-ethyl adjacent to an activating group) is 1. The highest BCUT2D eigenvalue weighted by atomic mass is 16.6. The highest BCUT2D eigenvalue weighted by Crippen LogP contribution is 2.05. The molecular formula is C16H32N2O6. The van der Waals surface area contributed by atoms with Crippen molar-refractivity contribution in [2.75, 3.05) is 26.8 Å². The number of carboxylic acid groups (broad SMARTS) is 1. The van der Waals surface area contributed by atoms with Gasteiger partial charge in [-0.1, -0.05) is 20.8 Å². The van der Waals surface area contributed by atoms with Crippen molar-refractivity contribution in [3.63, 3.8) is 0 Å². The summed E-state index contributed by atoms with van der Waals surface area (Å²) in [6, 6.07) is -0.107. The van der Waals surface area contributed by atoms with Crippen molar-refractivity contribution in [2.45, 2.75) is 45.8 Å². The van der Waals surface area contributed by atoms with Crippen LogP contribution in [0.25, 0.3) is 0 Å². The summed E-state index contributed by atoms with van der Waals surface area (Å²) in [4.78, 5) is 29.5. The number of carbonyl (C=O) groups excluding carboxylic acids is 2. The van der Waals surface area contributed by atoms with Gasteiger partial charge in [-0.3, -0.25) is 9.59 Å². The smallest absolute Gasteiger partial charge is 0.290 e. The maximum Gasteiger partial charge on any atom is 0.290 e. The monoisotopic (exact) mass is 348 g/mol. The fourth-order valence-corrected chi connectivity index (χ4v) is 1.62. The Morgan fingerprint density at radius 1 is 1.33 bits per heavy atom. The van der Waals surface area contributed by atoms with Crippen molar-refractivity contribution in [2.24, 2.45) is 11.8 Å². The van der Waals surface area contributed by atoms with Crippen LogP contribution in [0.15, 0.2) is 0 Å². The van der Waals surface area contributed by atoms with Crippen LogP contribution in [0.3, 0.4) is 0 Å². The Bertz CT molecular complexity index is 335. The van der Waals surface area contributed by atoms with E-state index >= 15 is 0 Å². The van der Waals surface area contributed by atoms with Gasteiger partial charge in [0.05, 0.1) is 12.6 Å². The maximum absolute atomic E-state index is 11.7. The van der Waals surface area contributed by atoms with Crippen LogP contribution in [-0.4, -0.2) is 67.8 Å². The van der Waals surface area contributed by atoms with E-state index in [4.69, 9.17) is 15.0 Å². The molecule has 1 fully saturated rings. The average Bonchev–Trinajstić information content (AvgIpc) is 3.37. The average molecular weight is 348 g/mol. The molecule has 3 atom stereocenters. The second-order valence-electron chi connectivity index (χ2n) is 5.95. The van der Waals surface area contributed by atoms with Gasteiger partial charge < -0.3 is 30.4 Å². The highest BCUT2D eigenvalue weighted by molar-refractivity contribution is 5.81. The largest absolute Gasteiger partial charge is 0.483 e. The Morgan fingerprint density at radius 3 is 2.17 bits per heavy atom. The Balaban J connectivity index is 0. The first-order valence-electron chi connectivity index (χ1n) is 8.06. The van der Waals surface area contributed by atoms with Crippen LogP contribution in [-0.2, 0) is 19.1 Å². The lowest BCUT2D eigenvalue weighted by molar-refractivity contribution is -0.124. The van der Waals surface area contributed by atoms with Gasteiger partial charge in [0.25, 0.3) is 6.47 Å². The number of amides is 1. The molecule has 1 aliphatic heterocycles. The van der Waals surface area contributed by atoms with Gasteiger partial charge >= 0.3 is 0 Å². The van der Waals surface area contributed by atoms with Gasteiger partial charge in [-0.2, -0.15) is 0 Å². The summed E-state index contributed by atoms with van der Waals surface area (Å²) in [6.07, 6.45) is 2.42. The van der Waals surface area contributed by atoms with Crippen LogP contribution in [0.2, 0.25) is 0 Å². The molecule has 0 aliphatic carbocycles. The quantitative estimate of drug-likeness (QED) is 0.342. The van der Waals surface area contributed by atoms with Gasteiger partial charge in [-0.05, 0) is 31.7 Å². The molecule has 1 saturated heterocycles. The molecule has 8 nitrogen and oxygen atoms in total. The topological polar surface area (TPSA) is 128 Å². The number of ether oxygens (including phenoxy) is 1. The van der Waals surface area contributed by atoms with Crippen molar-refractivity contribution in [1.82, 2.24) is 10.6 Å². The third kappa shape index (κ3) is 16.9. The SMILES string of the molecule is CNC(CC(C)C)C(=O)NCCC(C)CO.O=CC1CO1.O=CO. The highest BCUT2D eigenvalue weighted by Gasteiger charge is 2.20. The number of hydrogen-bond acceptors (Lipinski definition) is 6. The van der Waals surface area contributed by atoms with E-state index < -0.39 is 0 Å². The van der Waals surface area contributed by atoms with Crippen LogP contribution in [0, 0.1) is 11.8 Å². The first-order valence-corrected chi connectivity index (χ1v) is 8.06. The Labute approximate surface area is 144 Å². The Morgan fingerprint density at radius 2 is 1.88 bits per heavy atom. The number of carbonyl (C=O) groups is 3. The molecule has 24 heavy (non-hydrogen) atoms.